The molecule has 0 aliphatic rings. The molecule has 0 unspecified atom stereocenters. The van der Waals surface area contributed by atoms with E-state index in [9.17, 15) is 27.5 Å². The molecule has 3 nitrogen and oxygen atoms in total. The van der Waals surface area contributed by atoms with E-state index in [1.165, 1.54) is 6.92 Å². The van der Waals surface area contributed by atoms with Crippen LogP contribution in [0.25, 0.3) is 0 Å². The van der Waals surface area contributed by atoms with Gasteiger partial charge >= 0.3 is 5.97 Å². The third-order valence-corrected chi connectivity index (χ3v) is 1.70. The third kappa shape index (κ3) is 1.80. The van der Waals surface area contributed by atoms with Crippen molar-refractivity contribution in [3.63, 3.8) is 0 Å². The lowest BCUT2D eigenvalue weighted by molar-refractivity contribution is 0.0511. The van der Waals surface area contributed by atoms with Crippen LogP contribution in [0.4, 0.5) is 17.6 Å². The van der Waals surface area contributed by atoms with E-state index in [-0.39, 0.29) is 6.61 Å². The minimum Gasteiger partial charge on any atom is -0.462 e. The summed E-state index contributed by atoms with van der Waals surface area (Å²) in [6, 6.07) is 0. The van der Waals surface area contributed by atoms with Crippen molar-refractivity contribution < 1.29 is 32.2 Å². The summed E-state index contributed by atoms with van der Waals surface area (Å²) in [6.45, 7) is 1.10. The van der Waals surface area contributed by atoms with Gasteiger partial charge in [0.2, 0.25) is 11.6 Å². The fraction of sp³-hybridized carbons (Fsp3) is 0.222. The Morgan fingerprint density at radius 1 is 1.06 bits per heavy atom. The van der Waals surface area contributed by atoms with Gasteiger partial charge in [0.15, 0.2) is 11.6 Å². The summed E-state index contributed by atoms with van der Waals surface area (Å²) in [5, 5.41) is 10.6. The number of rotatable bonds is 2. The molecule has 1 rings (SSSR count). The van der Waals surface area contributed by atoms with E-state index in [4.69, 9.17) is 0 Å². The van der Waals surface area contributed by atoms with Crippen LogP contribution in [0.3, 0.4) is 0 Å². The van der Waals surface area contributed by atoms with Crippen molar-refractivity contribution in [1.82, 2.24) is 0 Å². The first kappa shape index (κ1) is 12.3. The van der Waals surface area contributed by atoms with Crippen molar-refractivity contribution >= 4 is 5.97 Å². The second-order valence-corrected chi connectivity index (χ2v) is 2.68. The Labute approximate surface area is 87.3 Å². The molecule has 0 heterocycles. The molecule has 0 fully saturated rings. The lowest BCUT2D eigenvalue weighted by atomic mass is 10.1. The van der Waals surface area contributed by atoms with E-state index in [1.54, 1.807) is 0 Å². The molecule has 0 amide bonds. The summed E-state index contributed by atoms with van der Waals surface area (Å²) in [4.78, 5) is 11.0. The van der Waals surface area contributed by atoms with E-state index in [1.807, 2.05) is 0 Å². The predicted octanol–water partition coefficient (Wildman–Crippen LogP) is 2.56. The maximum absolute atomic E-state index is 13.0. The molecule has 0 saturated heterocycles. The van der Waals surface area contributed by atoms with Crippen molar-refractivity contribution in [2.45, 2.75) is 6.92 Å². The fourth-order valence-electron chi connectivity index (χ4n) is 0.994. The van der Waals surface area contributed by atoms with Crippen molar-refractivity contribution in [2.24, 2.45) is 0 Å². The molecule has 1 aromatic carbocycles. The van der Waals surface area contributed by atoms with Crippen LogP contribution in [-0.2, 0) is 9.84 Å². The van der Waals surface area contributed by atoms with Crippen LogP contribution in [0.2, 0.25) is 0 Å². The minimum absolute atomic E-state index is 0.236. The Morgan fingerprint density at radius 3 is 1.88 bits per heavy atom. The average molecular weight is 237 g/mol. The fourth-order valence-corrected chi connectivity index (χ4v) is 0.994. The highest BCUT2D eigenvalue weighted by atomic mass is 19.2. The largest absolute Gasteiger partial charge is 0.462 e. The molecule has 0 aromatic heterocycles. The first-order valence-electron chi connectivity index (χ1n) is 4.11. The van der Waals surface area contributed by atoms with Crippen molar-refractivity contribution in [3.8, 4) is 5.75 Å². The Balaban J connectivity index is 3.45. The molecule has 87 valence electrons. The summed E-state index contributed by atoms with van der Waals surface area (Å²) in [6.07, 6.45) is 0. The highest BCUT2D eigenvalue weighted by Crippen LogP contribution is 2.29. The molecule has 0 atom stereocenters. The summed E-state index contributed by atoms with van der Waals surface area (Å²) in [5.74, 6) is -12.0. The van der Waals surface area contributed by atoms with Gasteiger partial charge in [0.1, 0.15) is 5.56 Å². The van der Waals surface area contributed by atoms with Gasteiger partial charge in [-0.05, 0) is 6.92 Å². The molecule has 0 spiro atoms. The molecule has 0 bridgehead atoms. The monoisotopic (exact) mass is 237 g/mol. The molecular weight excluding hydrogens is 232 g/mol. The lowest BCUT2D eigenvalue weighted by Gasteiger charge is -2.06. The normalized spacial score (nSPS) is 10.3. The Morgan fingerprint density at radius 2 is 1.50 bits per heavy atom. The number of carbonyl (C=O) groups is 1. The van der Waals surface area contributed by atoms with Gasteiger partial charge in [0.05, 0.1) is 6.61 Å². The highest BCUT2D eigenvalue weighted by molar-refractivity contribution is 5.90. The Kier molecular flexibility index (Phi) is 3.36. The zero-order valence-corrected chi connectivity index (χ0v) is 7.94. The molecule has 0 N–H and O–H groups in total. The van der Waals surface area contributed by atoms with E-state index >= 15 is 0 Å². The molecule has 1 aromatic rings. The maximum Gasteiger partial charge on any atom is 0.344 e. The molecule has 7 heteroatoms. The van der Waals surface area contributed by atoms with Crippen LogP contribution >= 0.6 is 0 Å². The molecule has 0 aliphatic carbocycles. The Bertz CT molecular complexity index is 416. The standard InChI is InChI=1S/C9H5F4O3/c1-2-16-9(15)3-4(10)6(12)8(14)7(13)5(3)11/h2H2,1H3. The quantitative estimate of drug-likeness (QED) is 0.450. The third-order valence-electron chi connectivity index (χ3n) is 1.70. The van der Waals surface area contributed by atoms with Crippen LogP contribution in [0.1, 0.15) is 17.3 Å². The molecule has 1 radical (unpaired) electrons. The van der Waals surface area contributed by atoms with Gasteiger partial charge in [0, 0.05) is 0 Å². The van der Waals surface area contributed by atoms with E-state index in [0.29, 0.717) is 0 Å². The van der Waals surface area contributed by atoms with Gasteiger partial charge in [-0.3, -0.25) is 5.11 Å². The van der Waals surface area contributed by atoms with Gasteiger partial charge in [-0.1, -0.05) is 0 Å². The average Bonchev–Trinajstić information content (AvgIpc) is 2.24. The number of carbonyl (C=O) groups excluding carboxylic acids is 1. The van der Waals surface area contributed by atoms with Crippen molar-refractivity contribution in [2.75, 3.05) is 6.61 Å². The zero-order chi connectivity index (χ0) is 12.5. The minimum atomic E-state index is -2.15. The summed E-state index contributed by atoms with van der Waals surface area (Å²) >= 11 is 0. The number of hydrogen-bond donors (Lipinski definition) is 0. The predicted molar refractivity (Wildman–Crippen MR) is 42.4 cm³/mol. The van der Waals surface area contributed by atoms with Crippen LogP contribution in [0.5, 0.6) is 5.75 Å². The number of hydrogen-bond acceptors (Lipinski definition) is 2. The van der Waals surface area contributed by atoms with Gasteiger partial charge in [-0.15, -0.1) is 0 Å². The molecule has 0 saturated carbocycles. The number of ether oxygens (including phenoxy) is 1. The zero-order valence-electron chi connectivity index (χ0n) is 7.94. The second-order valence-electron chi connectivity index (χ2n) is 2.68. The number of esters is 1. The van der Waals surface area contributed by atoms with Crippen molar-refractivity contribution in [3.05, 3.63) is 28.8 Å². The first-order valence-corrected chi connectivity index (χ1v) is 4.11. The van der Waals surface area contributed by atoms with Crippen LogP contribution in [0.15, 0.2) is 0 Å². The molecule has 16 heavy (non-hydrogen) atoms. The van der Waals surface area contributed by atoms with Gasteiger partial charge in [-0.25, -0.2) is 13.6 Å². The first-order chi connectivity index (χ1) is 7.41. The summed E-state index contributed by atoms with van der Waals surface area (Å²) in [5.41, 5.74) is -1.54. The van der Waals surface area contributed by atoms with Crippen LogP contribution < -0.4 is 0 Å². The SMILES string of the molecule is CCOC(=O)c1c(F)c(F)c([O])c(F)c1F. The van der Waals surface area contributed by atoms with Gasteiger partial charge in [0.25, 0.3) is 5.75 Å². The van der Waals surface area contributed by atoms with E-state index in [0.717, 1.165) is 0 Å². The molecule has 0 aliphatic heterocycles. The highest BCUT2D eigenvalue weighted by Gasteiger charge is 2.31. The molecular formula is C9H5F4O3. The maximum atomic E-state index is 13.0. The lowest BCUT2D eigenvalue weighted by Crippen LogP contribution is -2.13. The number of benzene rings is 1. The number of halogens is 4. The topological polar surface area (TPSA) is 46.2 Å². The van der Waals surface area contributed by atoms with Crippen molar-refractivity contribution in [1.29, 1.82) is 0 Å². The second kappa shape index (κ2) is 4.38. The smallest absolute Gasteiger partial charge is 0.344 e. The van der Waals surface area contributed by atoms with Gasteiger partial charge < -0.3 is 4.74 Å². The summed E-state index contributed by atoms with van der Waals surface area (Å²) in [7, 11) is 0. The summed E-state index contributed by atoms with van der Waals surface area (Å²) < 4.78 is 55.6. The van der Waals surface area contributed by atoms with Crippen LogP contribution in [-0.4, -0.2) is 12.6 Å². The van der Waals surface area contributed by atoms with E-state index in [2.05, 4.69) is 4.74 Å². The van der Waals surface area contributed by atoms with Crippen LogP contribution in [0, 0.1) is 23.3 Å². The van der Waals surface area contributed by atoms with E-state index < -0.39 is 40.6 Å². The van der Waals surface area contributed by atoms with Gasteiger partial charge in [-0.2, -0.15) is 8.78 Å². The Hall–Kier alpha value is -1.79.